The third kappa shape index (κ3) is 4.20. The van der Waals surface area contributed by atoms with Gasteiger partial charge in [0, 0.05) is 26.2 Å². The molecular formula is C13H24N2O3. The third-order valence-corrected chi connectivity index (χ3v) is 3.71. The first-order valence-corrected chi connectivity index (χ1v) is 6.84. The average Bonchev–Trinajstić information content (AvgIpc) is 2.39. The first kappa shape index (κ1) is 14.8. The third-order valence-electron chi connectivity index (χ3n) is 3.71. The Kier molecular flexibility index (Phi) is 5.95. The van der Waals surface area contributed by atoms with Crippen LogP contribution in [0, 0.1) is 5.92 Å². The topological polar surface area (TPSA) is 60.9 Å². The maximum Gasteiger partial charge on any atom is 0.320 e. The molecule has 0 aromatic heterocycles. The highest BCUT2D eigenvalue weighted by molar-refractivity contribution is 5.75. The monoisotopic (exact) mass is 256 g/mol. The van der Waals surface area contributed by atoms with Crippen LogP contribution in [-0.4, -0.2) is 53.1 Å². The minimum atomic E-state index is -0.856. The number of piperidine rings is 1. The number of aliphatic carboxylic acids is 1. The molecule has 5 nitrogen and oxygen atoms in total. The molecule has 0 unspecified atom stereocenters. The van der Waals surface area contributed by atoms with Crippen molar-refractivity contribution < 1.29 is 14.7 Å². The van der Waals surface area contributed by atoms with E-state index in [1.54, 1.807) is 4.90 Å². The van der Waals surface area contributed by atoms with Crippen LogP contribution >= 0.6 is 0 Å². The SMILES string of the molecule is CCC1CCN(C(=O)N(CC)CCC(=O)O)CC1. The van der Waals surface area contributed by atoms with Gasteiger partial charge in [0.25, 0.3) is 0 Å². The summed E-state index contributed by atoms with van der Waals surface area (Å²) >= 11 is 0. The number of rotatable bonds is 5. The van der Waals surface area contributed by atoms with Gasteiger partial charge in [0.05, 0.1) is 6.42 Å². The Hall–Kier alpha value is -1.26. The summed E-state index contributed by atoms with van der Waals surface area (Å²) in [7, 11) is 0. The van der Waals surface area contributed by atoms with Crippen molar-refractivity contribution in [3.05, 3.63) is 0 Å². The van der Waals surface area contributed by atoms with E-state index in [2.05, 4.69) is 6.92 Å². The van der Waals surface area contributed by atoms with Gasteiger partial charge in [0.15, 0.2) is 0 Å². The van der Waals surface area contributed by atoms with E-state index in [9.17, 15) is 9.59 Å². The zero-order valence-electron chi connectivity index (χ0n) is 11.4. The molecule has 104 valence electrons. The molecule has 0 spiro atoms. The Morgan fingerprint density at radius 2 is 1.89 bits per heavy atom. The molecule has 1 N–H and O–H groups in total. The van der Waals surface area contributed by atoms with Gasteiger partial charge in [-0.05, 0) is 25.7 Å². The van der Waals surface area contributed by atoms with Gasteiger partial charge in [-0.2, -0.15) is 0 Å². The highest BCUT2D eigenvalue weighted by atomic mass is 16.4. The van der Waals surface area contributed by atoms with Gasteiger partial charge >= 0.3 is 12.0 Å². The van der Waals surface area contributed by atoms with Crippen LogP contribution in [0.5, 0.6) is 0 Å². The van der Waals surface area contributed by atoms with Gasteiger partial charge in [-0.15, -0.1) is 0 Å². The molecule has 0 bridgehead atoms. The second-order valence-electron chi connectivity index (χ2n) is 4.84. The molecule has 1 rings (SSSR count). The molecule has 0 aromatic carbocycles. The van der Waals surface area contributed by atoms with Gasteiger partial charge in [-0.25, -0.2) is 4.79 Å². The lowest BCUT2D eigenvalue weighted by Gasteiger charge is -2.35. The molecule has 1 fully saturated rings. The van der Waals surface area contributed by atoms with Crippen molar-refractivity contribution in [2.75, 3.05) is 26.2 Å². The van der Waals surface area contributed by atoms with Gasteiger partial charge < -0.3 is 14.9 Å². The van der Waals surface area contributed by atoms with Crippen LogP contribution in [-0.2, 0) is 4.79 Å². The zero-order valence-corrected chi connectivity index (χ0v) is 11.4. The highest BCUT2D eigenvalue weighted by Gasteiger charge is 2.25. The molecule has 1 heterocycles. The van der Waals surface area contributed by atoms with E-state index in [1.807, 2.05) is 11.8 Å². The largest absolute Gasteiger partial charge is 0.481 e. The quantitative estimate of drug-likeness (QED) is 0.818. The van der Waals surface area contributed by atoms with Gasteiger partial charge in [-0.1, -0.05) is 13.3 Å². The van der Waals surface area contributed by atoms with Crippen molar-refractivity contribution in [1.29, 1.82) is 0 Å². The van der Waals surface area contributed by atoms with Crippen LogP contribution in [0.3, 0.4) is 0 Å². The van der Waals surface area contributed by atoms with Crippen molar-refractivity contribution in [1.82, 2.24) is 9.80 Å². The summed E-state index contributed by atoms with van der Waals surface area (Å²) in [5.41, 5.74) is 0. The standard InChI is InChI=1S/C13H24N2O3/c1-3-11-5-8-15(9-6-11)13(18)14(4-2)10-7-12(16)17/h11H,3-10H2,1-2H3,(H,16,17). The fourth-order valence-electron chi connectivity index (χ4n) is 2.35. The fraction of sp³-hybridized carbons (Fsp3) is 0.846. The molecule has 1 saturated heterocycles. The van der Waals surface area contributed by atoms with E-state index in [-0.39, 0.29) is 12.5 Å². The van der Waals surface area contributed by atoms with Crippen molar-refractivity contribution in [2.24, 2.45) is 5.92 Å². The first-order chi connectivity index (χ1) is 8.58. The van der Waals surface area contributed by atoms with Crippen LogP contribution in [0.25, 0.3) is 0 Å². The fourth-order valence-corrected chi connectivity index (χ4v) is 2.35. The summed E-state index contributed by atoms with van der Waals surface area (Å²) in [6.07, 6.45) is 3.33. The Morgan fingerprint density at radius 3 is 2.33 bits per heavy atom. The number of nitrogens with zero attached hydrogens (tertiary/aromatic N) is 2. The van der Waals surface area contributed by atoms with E-state index in [4.69, 9.17) is 5.11 Å². The minimum Gasteiger partial charge on any atom is -0.481 e. The number of hydrogen-bond donors (Lipinski definition) is 1. The molecule has 0 aliphatic carbocycles. The van der Waals surface area contributed by atoms with E-state index < -0.39 is 5.97 Å². The lowest BCUT2D eigenvalue weighted by atomic mass is 9.95. The molecule has 1 aliphatic heterocycles. The van der Waals surface area contributed by atoms with Crippen molar-refractivity contribution in [2.45, 2.75) is 39.5 Å². The minimum absolute atomic E-state index is 0.00620. The van der Waals surface area contributed by atoms with Crippen LogP contribution in [0.1, 0.15) is 39.5 Å². The summed E-state index contributed by atoms with van der Waals surface area (Å²) in [4.78, 5) is 26.2. The van der Waals surface area contributed by atoms with E-state index in [0.29, 0.717) is 13.1 Å². The van der Waals surface area contributed by atoms with E-state index in [0.717, 1.165) is 31.8 Å². The summed E-state index contributed by atoms with van der Waals surface area (Å²) < 4.78 is 0. The summed E-state index contributed by atoms with van der Waals surface area (Å²) in [6, 6.07) is -0.00620. The number of carboxylic acids is 1. The average molecular weight is 256 g/mol. The molecule has 18 heavy (non-hydrogen) atoms. The Labute approximate surface area is 109 Å². The molecule has 5 heteroatoms. The molecule has 0 aromatic rings. The predicted molar refractivity (Wildman–Crippen MR) is 69.5 cm³/mol. The molecule has 1 aliphatic rings. The number of carbonyl (C=O) groups excluding carboxylic acids is 1. The van der Waals surface area contributed by atoms with E-state index >= 15 is 0 Å². The number of carbonyl (C=O) groups is 2. The van der Waals surface area contributed by atoms with Gasteiger partial charge in [-0.3, -0.25) is 4.79 Å². The number of amides is 2. The Bertz CT molecular complexity index is 286. The second-order valence-corrected chi connectivity index (χ2v) is 4.84. The molecule has 0 atom stereocenters. The van der Waals surface area contributed by atoms with Crippen LogP contribution in [0.2, 0.25) is 0 Å². The maximum absolute atomic E-state index is 12.2. The highest BCUT2D eigenvalue weighted by Crippen LogP contribution is 2.20. The normalized spacial score (nSPS) is 16.7. The van der Waals surface area contributed by atoms with Crippen LogP contribution < -0.4 is 0 Å². The Balaban J connectivity index is 2.44. The molecule has 0 radical (unpaired) electrons. The second kappa shape index (κ2) is 7.24. The number of likely N-dealkylation sites (tertiary alicyclic amines) is 1. The lowest BCUT2D eigenvalue weighted by molar-refractivity contribution is -0.137. The predicted octanol–water partition coefficient (Wildman–Crippen LogP) is 2.03. The zero-order chi connectivity index (χ0) is 13.5. The molecule has 2 amide bonds. The number of hydrogen-bond acceptors (Lipinski definition) is 2. The van der Waals surface area contributed by atoms with Gasteiger partial charge in [0.2, 0.25) is 0 Å². The summed E-state index contributed by atoms with van der Waals surface area (Å²) in [5, 5.41) is 8.67. The number of urea groups is 1. The number of carboxylic acid groups (broad SMARTS) is 1. The van der Waals surface area contributed by atoms with Crippen LogP contribution in [0.4, 0.5) is 4.79 Å². The van der Waals surface area contributed by atoms with Crippen LogP contribution in [0.15, 0.2) is 0 Å². The maximum atomic E-state index is 12.2. The smallest absolute Gasteiger partial charge is 0.320 e. The lowest BCUT2D eigenvalue weighted by Crippen LogP contribution is -2.47. The summed E-state index contributed by atoms with van der Waals surface area (Å²) in [5.74, 6) is -0.117. The Morgan fingerprint density at radius 1 is 1.28 bits per heavy atom. The van der Waals surface area contributed by atoms with Crippen molar-refractivity contribution in [3.8, 4) is 0 Å². The van der Waals surface area contributed by atoms with E-state index in [1.165, 1.54) is 6.42 Å². The first-order valence-electron chi connectivity index (χ1n) is 6.84. The molecular weight excluding hydrogens is 232 g/mol. The van der Waals surface area contributed by atoms with Crippen molar-refractivity contribution in [3.63, 3.8) is 0 Å². The summed E-state index contributed by atoms with van der Waals surface area (Å²) in [6.45, 7) is 6.56. The molecule has 0 saturated carbocycles. The van der Waals surface area contributed by atoms with Crippen molar-refractivity contribution >= 4 is 12.0 Å². The van der Waals surface area contributed by atoms with Gasteiger partial charge in [0.1, 0.15) is 0 Å².